The molecule has 0 atom stereocenters. The Balaban J connectivity index is 1.52. The molecule has 168 valence electrons. The molecule has 0 bridgehead atoms. The first kappa shape index (κ1) is 22.1. The number of nitrogens with one attached hydrogen (secondary N) is 4. The van der Waals surface area contributed by atoms with Crippen LogP contribution in [0.3, 0.4) is 0 Å². The molecule has 4 N–H and O–H groups in total. The van der Waals surface area contributed by atoms with Gasteiger partial charge in [0.25, 0.3) is 0 Å². The van der Waals surface area contributed by atoms with Crippen LogP contribution in [0.1, 0.15) is 24.1 Å². The number of hydrogen-bond donors (Lipinski definition) is 4. The first-order chi connectivity index (χ1) is 15.5. The SMILES string of the molecule is COCCNc1nc(Sc2ccc(NC(=O)C3CC3)cc2)nc(Nc2cc(C)[nH]n2)c1C. The number of amides is 1. The second-order valence-corrected chi connectivity index (χ2v) is 8.74. The van der Waals surface area contributed by atoms with Gasteiger partial charge in [-0.25, -0.2) is 9.97 Å². The predicted octanol–water partition coefficient (Wildman–Crippen LogP) is 4.12. The molecule has 0 saturated heterocycles. The van der Waals surface area contributed by atoms with Crippen LogP contribution in [0.4, 0.5) is 23.1 Å². The standard InChI is InChI=1S/C22H27N7O2S/c1-13-12-18(29-28-13)25-20-14(2)19(23-10-11-31-3)26-22(27-20)32-17-8-6-16(7-9-17)24-21(30)15-4-5-15/h6-9,12,15H,4-5,10-11H2,1-3H3,(H,24,30)(H3,23,25,26,27,28,29). The van der Waals surface area contributed by atoms with Crippen molar-refractivity contribution in [2.45, 2.75) is 36.7 Å². The Bertz CT molecular complexity index is 1080. The first-order valence-electron chi connectivity index (χ1n) is 10.5. The number of methoxy groups -OCH3 is 1. The molecule has 4 rings (SSSR count). The summed E-state index contributed by atoms with van der Waals surface area (Å²) in [6.07, 6.45) is 1.97. The van der Waals surface area contributed by atoms with Gasteiger partial charge in [0.1, 0.15) is 11.6 Å². The molecule has 1 amide bonds. The number of aromatic amines is 1. The van der Waals surface area contributed by atoms with Crippen LogP contribution < -0.4 is 16.0 Å². The predicted molar refractivity (Wildman–Crippen MR) is 126 cm³/mol. The van der Waals surface area contributed by atoms with Gasteiger partial charge >= 0.3 is 0 Å². The monoisotopic (exact) mass is 453 g/mol. The van der Waals surface area contributed by atoms with Gasteiger partial charge in [-0.2, -0.15) is 5.10 Å². The third kappa shape index (κ3) is 5.77. The maximum atomic E-state index is 12.0. The van der Waals surface area contributed by atoms with E-state index in [4.69, 9.17) is 14.7 Å². The lowest BCUT2D eigenvalue weighted by molar-refractivity contribution is -0.117. The van der Waals surface area contributed by atoms with E-state index in [1.54, 1.807) is 7.11 Å². The highest BCUT2D eigenvalue weighted by atomic mass is 32.2. The summed E-state index contributed by atoms with van der Waals surface area (Å²) < 4.78 is 5.14. The van der Waals surface area contributed by atoms with Crippen LogP contribution in [0.25, 0.3) is 0 Å². The number of nitrogens with zero attached hydrogens (tertiary/aromatic N) is 3. The van der Waals surface area contributed by atoms with Gasteiger partial charge in [0.2, 0.25) is 5.91 Å². The Labute approximate surface area is 191 Å². The average molecular weight is 454 g/mol. The number of rotatable bonds is 10. The molecule has 0 radical (unpaired) electrons. The molecule has 1 aliphatic rings. The van der Waals surface area contributed by atoms with Crippen molar-refractivity contribution in [1.29, 1.82) is 0 Å². The van der Waals surface area contributed by atoms with Gasteiger partial charge in [-0.1, -0.05) is 0 Å². The molecule has 1 aromatic carbocycles. The Kier molecular flexibility index (Phi) is 6.91. The fourth-order valence-electron chi connectivity index (χ4n) is 3.01. The van der Waals surface area contributed by atoms with Gasteiger partial charge in [-0.3, -0.25) is 9.89 Å². The molecule has 2 heterocycles. The third-order valence-electron chi connectivity index (χ3n) is 4.96. The van der Waals surface area contributed by atoms with E-state index < -0.39 is 0 Å². The van der Waals surface area contributed by atoms with Crippen LogP contribution >= 0.6 is 11.8 Å². The largest absolute Gasteiger partial charge is 0.383 e. The molecule has 2 aromatic heterocycles. The van der Waals surface area contributed by atoms with Gasteiger partial charge in [0.15, 0.2) is 11.0 Å². The molecular formula is C22H27N7O2S. The van der Waals surface area contributed by atoms with Crippen molar-refractivity contribution in [3.8, 4) is 0 Å². The minimum Gasteiger partial charge on any atom is -0.383 e. The highest BCUT2D eigenvalue weighted by molar-refractivity contribution is 7.99. The van der Waals surface area contributed by atoms with Crippen molar-refractivity contribution in [3.05, 3.63) is 41.6 Å². The van der Waals surface area contributed by atoms with Gasteiger partial charge in [-0.15, -0.1) is 0 Å². The quantitative estimate of drug-likeness (QED) is 0.268. The van der Waals surface area contributed by atoms with E-state index >= 15 is 0 Å². The molecule has 0 aliphatic heterocycles. The topological polar surface area (TPSA) is 117 Å². The second-order valence-electron chi connectivity index (χ2n) is 7.70. The van der Waals surface area contributed by atoms with E-state index in [0.29, 0.717) is 29.9 Å². The Morgan fingerprint density at radius 1 is 1.19 bits per heavy atom. The van der Waals surface area contributed by atoms with Crippen LogP contribution in [0, 0.1) is 19.8 Å². The summed E-state index contributed by atoms with van der Waals surface area (Å²) in [4.78, 5) is 22.3. The Hall–Kier alpha value is -3.11. The van der Waals surface area contributed by atoms with Gasteiger partial charge < -0.3 is 20.7 Å². The smallest absolute Gasteiger partial charge is 0.227 e. The summed E-state index contributed by atoms with van der Waals surface area (Å²) in [5.74, 6) is 2.39. The van der Waals surface area contributed by atoms with E-state index in [2.05, 4.69) is 26.1 Å². The zero-order valence-electron chi connectivity index (χ0n) is 18.4. The number of aryl methyl sites for hydroxylation is 1. The van der Waals surface area contributed by atoms with Crippen molar-refractivity contribution >= 4 is 40.8 Å². The Morgan fingerprint density at radius 3 is 2.59 bits per heavy atom. The van der Waals surface area contributed by atoms with Crippen molar-refractivity contribution in [3.63, 3.8) is 0 Å². The van der Waals surface area contributed by atoms with Crippen molar-refractivity contribution in [1.82, 2.24) is 20.2 Å². The van der Waals surface area contributed by atoms with E-state index in [1.165, 1.54) is 11.8 Å². The molecule has 1 saturated carbocycles. The van der Waals surface area contributed by atoms with Gasteiger partial charge in [0, 0.05) is 47.5 Å². The van der Waals surface area contributed by atoms with E-state index in [-0.39, 0.29) is 11.8 Å². The number of H-pyrrole nitrogens is 1. The van der Waals surface area contributed by atoms with E-state index in [0.717, 1.165) is 40.5 Å². The number of anilines is 4. The van der Waals surface area contributed by atoms with E-state index in [1.807, 2.05) is 44.2 Å². The fraction of sp³-hybridized carbons (Fsp3) is 0.364. The number of benzene rings is 1. The van der Waals surface area contributed by atoms with E-state index in [9.17, 15) is 4.79 Å². The fourth-order valence-corrected chi connectivity index (χ4v) is 3.77. The summed E-state index contributed by atoms with van der Waals surface area (Å²) in [6, 6.07) is 9.64. The maximum absolute atomic E-state index is 12.0. The van der Waals surface area contributed by atoms with Gasteiger partial charge in [-0.05, 0) is 62.7 Å². The van der Waals surface area contributed by atoms with Crippen LogP contribution in [-0.2, 0) is 9.53 Å². The van der Waals surface area contributed by atoms with Crippen molar-refractivity contribution in [2.24, 2.45) is 5.92 Å². The molecule has 3 aromatic rings. The molecular weight excluding hydrogens is 426 g/mol. The highest BCUT2D eigenvalue weighted by Gasteiger charge is 2.29. The molecule has 32 heavy (non-hydrogen) atoms. The molecule has 0 unspecified atom stereocenters. The highest BCUT2D eigenvalue weighted by Crippen LogP contribution is 2.32. The van der Waals surface area contributed by atoms with Crippen LogP contribution in [0.15, 0.2) is 40.4 Å². The molecule has 1 aliphatic carbocycles. The number of ether oxygens (including phenoxy) is 1. The lowest BCUT2D eigenvalue weighted by atomic mass is 10.3. The van der Waals surface area contributed by atoms with Crippen molar-refractivity contribution in [2.75, 3.05) is 36.2 Å². The molecule has 0 spiro atoms. The van der Waals surface area contributed by atoms with Crippen molar-refractivity contribution < 1.29 is 9.53 Å². The van der Waals surface area contributed by atoms with Crippen LogP contribution in [0.2, 0.25) is 0 Å². The first-order valence-corrected chi connectivity index (χ1v) is 11.3. The molecule has 10 heteroatoms. The summed E-state index contributed by atoms with van der Waals surface area (Å²) in [6.45, 7) is 5.11. The lowest BCUT2D eigenvalue weighted by Crippen LogP contribution is -2.13. The summed E-state index contributed by atoms with van der Waals surface area (Å²) >= 11 is 1.45. The number of carbonyl (C=O) groups excluding carboxylic acids is 1. The van der Waals surface area contributed by atoms with Crippen LogP contribution in [0.5, 0.6) is 0 Å². The summed E-state index contributed by atoms with van der Waals surface area (Å²) in [5, 5.41) is 17.3. The molecule has 1 fully saturated rings. The normalized spacial score (nSPS) is 13.1. The summed E-state index contributed by atoms with van der Waals surface area (Å²) in [7, 11) is 1.67. The molecule has 9 nitrogen and oxygen atoms in total. The minimum absolute atomic E-state index is 0.100. The zero-order valence-corrected chi connectivity index (χ0v) is 19.2. The second kappa shape index (κ2) is 10.0. The lowest BCUT2D eigenvalue weighted by Gasteiger charge is -2.14. The number of carbonyl (C=O) groups is 1. The Morgan fingerprint density at radius 2 is 1.94 bits per heavy atom. The summed E-state index contributed by atoms with van der Waals surface area (Å²) in [5.41, 5.74) is 2.65. The zero-order chi connectivity index (χ0) is 22.5. The maximum Gasteiger partial charge on any atom is 0.227 e. The average Bonchev–Trinajstić information content (AvgIpc) is 3.55. The minimum atomic E-state index is 0.100. The van der Waals surface area contributed by atoms with Gasteiger partial charge in [0.05, 0.1) is 6.61 Å². The number of aromatic nitrogens is 4. The third-order valence-corrected chi connectivity index (χ3v) is 5.83. The number of hydrogen-bond acceptors (Lipinski definition) is 8. The van der Waals surface area contributed by atoms with Crippen LogP contribution in [-0.4, -0.2) is 46.3 Å².